The lowest BCUT2D eigenvalue weighted by atomic mass is 9.91. The fraction of sp³-hybridized carbons (Fsp3) is 0.270. The largest absolute Gasteiger partial charge is 0.492 e. The Balaban J connectivity index is 1.57. The molecule has 0 saturated carbocycles. The molecule has 4 aromatic carbocycles. The van der Waals surface area contributed by atoms with Gasteiger partial charge in [0.05, 0.1) is 29.4 Å². The molecule has 1 aromatic heterocycles. The Hall–Kier alpha value is -3.95. The Morgan fingerprint density at radius 2 is 1.62 bits per heavy atom. The van der Waals surface area contributed by atoms with Gasteiger partial charge in [-0.2, -0.15) is 4.57 Å². The highest BCUT2D eigenvalue weighted by molar-refractivity contribution is 6.11. The van der Waals surface area contributed by atoms with Gasteiger partial charge in [-0.15, -0.1) is 0 Å². The van der Waals surface area contributed by atoms with Crippen LogP contribution in [0.1, 0.15) is 44.7 Å². The lowest BCUT2D eigenvalue weighted by molar-refractivity contribution is -0.686. The average Bonchev–Trinajstić information content (AvgIpc) is 2.97. The van der Waals surface area contributed by atoms with Gasteiger partial charge in [0.25, 0.3) is 0 Å². The normalized spacial score (nSPS) is 16.3. The minimum atomic E-state index is -0.000498. The summed E-state index contributed by atoms with van der Waals surface area (Å²) in [6, 6.07) is 31.4. The molecule has 5 aromatic rings. The van der Waals surface area contributed by atoms with Gasteiger partial charge in [-0.1, -0.05) is 80.6 Å². The molecule has 0 bridgehead atoms. The van der Waals surface area contributed by atoms with Crippen molar-refractivity contribution in [2.75, 3.05) is 13.2 Å². The summed E-state index contributed by atoms with van der Waals surface area (Å²) in [6.45, 7) is 10.6. The molecule has 3 heteroatoms. The number of ether oxygens (including phenoxy) is 2. The van der Waals surface area contributed by atoms with E-state index in [2.05, 4.69) is 123 Å². The van der Waals surface area contributed by atoms with Crippen LogP contribution in [0.25, 0.3) is 43.9 Å². The molecule has 0 amide bonds. The zero-order valence-corrected chi connectivity index (χ0v) is 24.0. The highest BCUT2D eigenvalue weighted by atomic mass is 16.5. The minimum Gasteiger partial charge on any atom is -0.492 e. The lowest BCUT2D eigenvalue weighted by Gasteiger charge is -2.15. The van der Waals surface area contributed by atoms with Crippen LogP contribution in [0.2, 0.25) is 0 Å². The SMILES string of the molecule is CC1=CC(C)OCCc2cc(-c3ccccc3)ccc2-c2c3ccc4cc(C(C)C)ccc4c3cc[n+]2CCO1. The third-order valence-electron chi connectivity index (χ3n) is 8.07. The van der Waals surface area contributed by atoms with Crippen molar-refractivity contribution in [3.8, 4) is 22.4 Å². The first-order chi connectivity index (χ1) is 19.5. The molecule has 0 saturated heterocycles. The lowest BCUT2D eigenvalue weighted by Crippen LogP contribution is -2.38. The van der Waals surface area contributed by atoms with Crippen molar-refractivity contribution in [2.45, 2.75) is 52.7 Å². The summed E-state index contributed by atoms with van der Waals surface area (Å²) in [5, 5.41) is 5.13. The van der Waals surface area contributed by atoms with Gasteiger partial charge in [-0.3, -0.25) is 0 Å². The van der Waals surface area contributed by atoms with Crippen LogP contribution in [-0.2, 0) is 22.4 Å². The van der Waals surface area contributed by atoms with E-state index in [1.165, 1.54) is 55.1 Å². The quantitative estimate of drug-likeness (QED) is 0.169. The zero-order valence-electron chi connectivity index (χ0n) is 24.0. The van der Waals surface area contributed by atoms with Crippen LogP contribution < -0.4 is 4.57 Å². The third kappa shape index (κ3) is 5.26. The number of pyridine rings is 1. The van der Waals surface area contributed by atoms with Crippen molar-refractivity contribution < 1.29 is 14.0 Å². The van der Waals surface area contributed by atoms with Crippen molar-refractivity contribution in [2.24, 2.45) is 0 Å². The summed E-state index contributed by atoms with van der Waals surface area (Å²) in [7, 11) is 0. The van der Waals surface area contributed by atoms with Crippen LogP contribution in [0.5, 0.6) is 0 Å². The third-order valence-corrected chi connectivity index (χ3v) is 8.07. The molecule has 0 radical (unpaired) electrons. The number of fused-ring (bicyclic) bond motifs is 7. The van der Waals surface area contributed by atoms with E-state index in [4.69, 9.17) is 9.47 Å². The van der Waals surface area contributed by atoms with E-state index < -0.39 is 0 Å². The average molecular weight is 529 g/mol. The molecule has 0 fully saturated rings. The first-order valence-corrected chi connectivity index (χ1v) is 14.5. The molecule has 1 aliphatic rings. The number of allylic oxidation sites excluding steroid dienone is 1. The summed E-state index contributed by atoms with van der Waals surface area (Å²) in [4.78, 5) is 0. The molecule has 1 aliphatic heterocycles. The maximum atomic E-state index is 6.23. The van der Waals surface area contributed by atoms with E-state index in [9.17, 15) is 0 Å². The van der Waals surface area contributed by atoms with Crippen molar-refractivity contribution >= 4 is 21.5 Å². The second-order valence-corrected chi connectivity index (χ2v) is 11.2. The number of hydrogen-bond acceptors (Lipinski definition) is 2. The number of rotatable bonds is 2. The van der Waals surface area contributed by atoms with Gasteiger partial charge in [0.15, 0.2) is 12.7 Å². The maximum absolute atomic E-state index is 6.23. The van der Waals surface area contributed by atoms with Crippen LogP contribution in [0.15, 0.2) is 103 Å². The highest BCUT2D eigenvalue weighted by Gasteiger charge is 2.23. The molecule has 40 heavy (non-hydrogen) atoms. The van der Waals surface area contributed by atoms with Gasteiger partial charge in [0.1, 0.15) is 6.61 Å². The Bertz CT molecular complexity index is 1700. The Kier molecular flexibility index (Phi) is 7.40. The van der Waals surface area contributed by atoms with Crippen molar-refractivity contribution in [1.29, 1.82) is 0 Å². The van der Waals surface area contributed by atoms with Crippen LogP contribution in [-0.4, -0.2) is 19.3 Å². The van der Waals surface area contributed by atoms with E-state index in [0.29, 0.717) is 19.1 Å². The standard InChI is InChI=1S/C37H38NO2/c1-25(2)29-10-13-33-31(23-29)12-15-36-35(33)16-18-38-19-21-40-27(4)22-26(3)39-20-17-32-24-30(11-14-34(32)37(36)38)28-8-6-5-7-9-28/h5-16,18,22-26H,17,19-21H2,1-4H3/q+1. The van der Waals surface area contributed by atoms with E-state index >= 15 is 0 Å². The molecular formula is C37H38NO2+. The van der Waals surface area contributed by atoms with Crippen LogP contribution >= 0.6 is 0 Å². The second-order valence-electron chi connectivity index (χ2n) is 11.2. The van der Waals surface area contributed by atoms with Gasteiger partial charge in [-0.25, -0.2) is 0 Å². The summed E-state index contributed by atoms with van der Waals surface area (Å²) in [6.07, 6.45) is 5.14. The number of benzene rings is 4. The summed E-state index contributed by atoms with van der Waals surface area (Å²) in [5.41, 5.74) is 7.62. The first-order valence-electron chi connectivity index (χ1n) is 14.5. The molecular weight excluding hydrogens is 490 g/mol. The predicted molar refractivity (Wildman–Crippen MR) is 165 cm³/mol. The van der Waals surface area contributed by atoms with Crippen LogP contribution in [0, 0.1) is 0 Å². The maximum Gasteiger partial charge on any atom is 0.220 e. The van der Waals surface area contributed by atoms with E-state index in [-0.39, 0.29) is 6.10 Å². The minimum absolute atomic E-state index is 0.000498. The predicted octanol–water partition coefficient (Wildman–Crippen LogP) is 8.62. The molecule has 1 unspecified atom stereocenters. The molecule has 1 atom stereocenters. The van der Waals surface area contributed by atoms with Crippen LogP contribution in [0.4, 0.5) is 0 Å². The molecule has 3 nitrogen and oxygen atoms in total. The van der Waals surface area contributed by atoms with Gasteiger partial charge >= 0.3 is 0 Å². The molecule has 0 spiro atoms. The highest BCUT2D eigenvalue weighted by Crippen LogP contribution is 2.35. The van der Waals surface area contributed by atoms with Crippen molar-refractivity contribution in [1.82, 2.24) is 0 Å². The van der Waals surface area contributed by atoms with Crippen molar-refractivity contribution in [3.05, 3.63) is 114 Å². The van der Waals surface area contributed by atoms with E-state index in [1.54, 1.807) is 0 Å². The summed E-state index contributed by atoms with van der Waals surface area (Å²) in [5.74, 6) is 1.41. The Morgan fingerprint density at radius 1 is 0.800 bits per heavy atom. The van der Waals surface area contributed by atoms with E-state index in [1.807, 2.05) is 6.92 Å². The van der Waals surface area contributed by atoms with Gasteiger partial charge in [-0.05, 0) is 77.4 Å². The van der Waals surface area contributed by atoms with Crippen LogP contribution in [0.3, 0.4) is 0 Å². The number of hydrogen-bond donors (Lipinski definition) is 0. The molecule has 0 N–H and O–H groups in total. The summed E-state index contributed by atoms with van der Waals surface area (Å²) >= 11 is 0. The molecule has 2 heterocycles. The summed E-state index contributed by atoms with van der Waals surface area (Å²) < 4.78 is 14.7. The Morgan fingerprint density at radius 3 is 2.45 bits per heavy atom. The topological polar surface area (TPSA) is 22.3 Å². The Labute approximate surface area is 237 Å². The fourth-order valence-electron chi connectivity index (χ4n) is 5.93. The second kappa shape index (κ2) is 11.3. The smallest absolute Gasteiger partial charge is 0.220 e. The monoisotopic (exact) mass is 528 g/mol. The number of aromatic nitrogens is 1. The van der Waals surface area contributed by atoms with E-state index in [0.717, 1.165) is 18.7 Å². The van der Waals surface area contributed by atoms with Crippen molar-refractivity contribution in [3.63, 3.8) is 0 Å². The fourth-order valence-corrected chi connectivity index (χ4v) is 5.93. The molecule has 0 aliphatic carbocycles. The molecule has 202 valence electrons. The van der Waals surface area contributed by atoms with Gasteiger partial charge in [0.2, 0.25) is 5.69 Å². The van der Waals surface area contributed by atoms with Gasteiger partial charge in [0, 0.05) is 11.5 Å². The van der Waals surface area contributed by atoms with Gasteiger partial charge < -0.3 is 9.47 Å². The molecule has 6 rings (SSSR count). The zero-order chi connectivity index (χ0) is 27.6. The first kappa shape index (κ1) is 26.3. The number of nitrogens with zero attached hydrogens (tertiary/aromatic N) is 1.